The molecule has 2 aromatic rings. The molecule has 1 aliphatic rings. The number of Topliss-reactive ketones (excluding diaryl/α,β-unsaturated/α-hetero) is 2. The molecular formula is C19H14N2O4. The smallest absolute Gasteiger partial charge is 0.275 e. The molecule has 0 radical (unpaired) electrons. The molecule has 1 fully saturated rings. The molecule has 3 rings (SSSR count). The summed E-state index contributed by atoms with van der Waals surface area (Å²) in [4.78, 5) is 26.2. The molecule has 0 saturated carbocycles. The Morgan fingerprint density at radius 3 is 1.80 bits per heavy atom. The predicted molar refractivity (Wildman–Crippen MR) is 88.4 cm³/mol. The van der Waals surface area contributed by atoms with Gasteiger partial charge in [0.05, 0.1) is 7.11 Å². The lowest BCUT2D eigenvalue weighted by molar-refractivity contribution is 0.0752. The Hall–Kier alpha value is -3.30. The Kier molecular flexibility index (Phi) is 3.95. The number of ketones is 2. The number of ether oxygens (including phenoxy) is 2. The first-order valence-corrected chi connectivity index (χ1v) is 7.47. The van der Waals surface area contributed by atoms with Crippen molar-refractivity contribution in [2.45, 2.75) is 11.2 Å². The molecule has 0 bridgehead atoms. The van der Waals surface area contributed by atoms with Crippen LogP contribution in [0.25, 0.3) is 0 Å². The van der Waals surface area contributed by atoms with Gasteiger partial charge in [0.15, 0.2) is 0 Å². The zero-order chi connectivity index (χ0) is 18.1. The van der Waals surface area contributed by atoms with Crippen molar-refractivity contribution in [3.8, 4) is 6.07 Å². The number of benzene rings is 2. The number of nitrogens with one attached hydrogen (secondary N) is 1. The number of hydrogen-bond donors (Lipinski definition) is 1. The first kappa shape index (κ1) is 16.6. The number of epoxide rings is 1. The summed E-state index contributed by atoms with van der Waals surface area (Å²) in [5.74, 6) is -1.93. The summed E-state index contributed by atoms with van der Waals surface area (Å²) in [6, 6.07) is 17.9. The summed E-state index contributed by atoms with van der Waals surface area (Å²) in [6.07, 6.45) is 0. The van der Waals surface area contributed by atoms with Gasteiger partial charge in [-0.2, -0.15) is 5.26 Å². The highest BCUT2D eigenvalue weighted by molar-refractivity contribution is 6.30. The molecule has 6 nitrogen and oxygen atoms in total. The molecule has 25 heavy (non-hydrogen) atoms. The second kappa shape index (κ2) is 5.96. The van der Waals surface area contributed by atoms with E-state index >= 15 is 0 Å². The third-order valence-corrected chi connectivity index (χ3v) is 4.15. The van der Waals surface area contributed by atoms with E-state index in [0.717, 1.165) is 0 Å². The zero-order valence-corrected chi connectivity index (χ0v) is 13.4. The summed E-state index contributed by atoms with van der Waals surface area (Å²) in [5.41, 5.74) is -3.76. The number of carbonyl (C=O) groups excluding carboxylic acids is 2. The Labute approximate surface area is 144 Å². The van der Waals surface area contributed by atoms with Gasteiger partial charge in [0.25, 0.3) is 5.60 Å². The van der Waals surface area contributed by atoms with E-state index < -0.39 is 28.7 Å². The predicted octanol–water partition coefficient (Wildman–Crippen LogP) is 2.41. The minimum absolute atomic E-state index is 0.216. The summed E-state index contributed by atoms with van der Waals surface area (Å²) in [6.45, 7) is 0. The lowest BCUT2D eigenvalue weighted by Gasteiger charge is -2.14. The van der Waals surface area contributed by atoms with Crippen LogP contribution in [0.15, 0.2) is 60.7 Å². The molecule has 124 valence electrons. The fourth-order valence-electron chi connectivity index (χ4n) is 2.81. The second-order valence-electron chi connectivity index (χ2n) is 5.50. The van der Waals surface area contributed by atoms with E-state index in [9.17, 15) is 14.9 Å². The lowest BCUT2D eigenvalue weighted by Crippen LogP contribution is -2.45. The lowest BCUT2D eigenvalue weighted by atomic mass is 9.80. The van der Waals surface area contributed by atoms with Crippen LogP contribution in [-0.4, -0.2) is 35.8 Å². The molecule has 1 heterocycles. The minimum atomic E-state index is -2.13. The van der Waals surface area contributed by atoms with Gasteiger partial charge in [0.1, 0.15) is 6.07 Å². The first-order valence-electron chi connectivity index (χ1n) is 7.47. The van der Waals surface area contributed by atoms with E-state index in [1.165, 1.54) is 31.4 Å². The third kappa shape index (κ3) is 2.25. The zero-order valence-electron chi connectivity index (χ0n) is 13.4. The van der Waals surface area contributed by atoms with Crippen molar-refractivity contribution >= 4 is 17.5 Å². The molecule has 0 spiro atoms. The van der Waals surface area contributed by atoms with Gasteiger partial charge in [-0.3, -0.25) is 15.0 Å². The van der Waals surface area contributed by atoms with Gasteiger partial charge in [0.2, 0.25) is 23.1 Å². The molecule has 0 aromatic heterocycles. The van der Waals surface area contributed by atoms with E-state index in [4.69, 9.17) is 14.9 Å². The maximum Gasteiger partial charge on any atom is 0.275 e. The van der Waals surface area contributed by atoms with Crippen LogP contribution in [0, 0.1) is 16.7 Å². The van der Waals surface area contributed by atoms with Gasteiger partial charge >= 0.3 is 0 Å². The maximum atomic E-state index is 13.1. The number of nitrogens with zero attached hydrogens (tertiary/aromatic N) is 1. The van der Waals surface area contributed by atoms with E-state index in [1.54, 1.807) is 42.5 Å². The number of nitriles is 1. The van der Waals surface area contributed by atoms with Gasteiger partial charge < -0.3 is 9.47 Å². The third-order valence-electron chi connectivity index (χ3n) is 4.15. The normalized spacial score (nSPS) is 20.2. The van der Waals surface area contributed by atoms with Crippen molar-refractivity contribution in [2.24, 2.45) is 0 Å². The molecule has 1 aliphatic heterocycles. The Morgan fingerprint density at radius 1 is 1.00 bits per heavy atom. The van der Waals surface area contributed by atoms with Crippen LogP contribution in [-0.2, 0) is 9.47 Å². The van der Waals surface area contributed by atoms with Crippen molar-refractivity contribution in [2.75, 3.05) is 7.11 Å². The van der Waals surface area contributed by atoms with E-state index in [1.807, 2.05) is 0 Å². The highest BCUT2D eigenvalue weighted by Crippen LogP contribution is 2.52. The molecule has 0 aliphatic carbocycles. The second-order valence-corrected chi connectivity index (χ2v) is 5.50. The van der Waals surface area contributed by atoms with Crippen molar-refractivity contribution in [3.63, 3.8) is 0 Å². The van der Waals surface area contributed by atoms with Crippen molar-refractivity contribution in [3.05, 3.63) is 71.8 Å². The Bertz CT molecular complexity index is 835. The molecule has 1 atom stereocenters. The van der Waals surface area contributed by atoms with Gasteiger partial charge in [0, 0.05) is 11.1 Å². The Morgan fingerprint density at radius 2 is 1.44 bits per heavy atom. The Balaban J connectivity index is 2.15. The van der Waals surface area contributed by atoms with E-state index in [2.05, 4.69) is 0 Å². The van der Waals surface area contributed by atoms with Crippen LogP contribution in [0.2, 0.25) is 0 Å². The fourth-order valence-corrected chi connectivity index (χ4v) is 2.81. The molecule has 2 aromatic carbocycles. The molecule has 0 unspecified atom stereocenters. The number of carbonyl (C=O) groups is 2. The van der Waals surface area contributed by atoms with Crippen LogP contribution in [0.4, 0.5) is 0 Å². The van der Waals surface area contributed by atoms with Gasteiger partial charge in [-0.15, -0.1) is 0 Å². The van der Waals surface area contributed by atoms with Crippen LogP contribution in [0.5, 0.6) is 0 Å². The van der Waals surface area contributed by atoms with Crippen molar-refractivity contribution in [1.29, 1.82) is 10.7 Å². The number of methoxy groups -OCH3 is 1. The standard InChI is InChI=1S/C19H14N2O4/c1-24-17(21)18(12-20)19(25-18,15(22)13-8-4-2-5-9-13)16(23)14-10-6-3-7-11-14/h2-11,21H,1H3/t18-/m0/s1. The summed E-state index contributed by atoms with van der Waals surface area (Å²) >= 11 is 0. The minimum Gasteiger partial charge on any atom is -0.481 e. The highest BCUT2D eigenvalue weighted by Gasteiger charge is 2.83. The average molecular weight is 334 g/mol. The van der Waals surface area contributed by atoms with Crippen molar-refractivity contribution < 1.29 is 19.1 Å². The quantitative estimate of drug-likeness (QED) is 0.297. The topological polar surface area (TPSA) is 104 Å². The molecule has 0 amide bonds. The summed E-state index contributed by atoms with van der Waals surface area (Å²) < 4.78 is 10.2. The highest BCUT2D eigenvalue weighted by atomic mass is 16.7. The first-order chi connectivity index (χ1) is 12.0. The van der Waals surface area contributed by atoms with E-state index in [-0.39, 0.29) is 11.1 Å². The molecule has 6 heteroatoms. The van der Waals surface area contributed by atoms with Crippen LogP contribution in [0.1, 0.15) is 20.7 Å². The van der Waals surface area contributed by atoms with E-state index in [0.29, 0.717) is 0 Å². The summed E-state index contributed by atoms with van der Waals surface area (Å²) in [5, 5.41) is 17.5. The van der Waals surface area contributed by atoms with Crippen LogP contribution < -0.4 is 0 Å². The molecule has 1 saturated heterocycles. The largest absolute Gasteiger partial charge is 0.481 e. The SMILES string of the molecule is COC(=N)[C@]1(C#N)OC1(C(=O)c1ccccc1)C(=O)c1ccccc1. The van der Waals surface area contributed by atoms with Gasteiger partial charge in [-0.25, -0.2) is 0 Å². The number of hydrogen-bond acceptors (Lipinski definition) is 6. The summed E-state index contributed by atoms with van der Waals surface area (Å²) in [7, 11) is 1.19. The maximum absolute atomic E-state index is 13.1. The number of rotatable bonds is 5. The van der Waals surface area contributed by atoms with Crippen LogP contribution in [0.3, 0.4) is 0 Å². The monoisotopic (exact) mass is 334 g/mol. The van der Waals surface area contributed by atoms with Crippen LogP contribution >= 0.6 is 0 Å². The van der Waals surface area contributed by atoms with Gasteiger partial charge in [-0.05, 0) is 0 Å². The van der Waals surface area contributed by atoms with Gasteiger partial charge in [-0.1, -0.05) is 60.7 Å². The fraction of sp³-hybridized carbons (Fsp3) is 0.158. The molecular weight excluding hydrogens is 320 g/mol. The average Bonchev–Trinajstić information content (AvgIpc) is 3.39. The van der Waals surface area contributed by atoms with Crippen molar-refractivity contribution in [1.82, 2.24) is 0 Å². The molecule has 1 N–H and O–H groups in total.